The van der Waals surface area contributed by atoms with Crippen molar-refractivity contribution in [3.05, 3.63) is 78.0 Å². The fourth-order valence-electron chi connectivity index (χ4n) is 4.18. The minimum atomic E-state index is -0.490. The highest BCUT2D eigenvalue weighted by Gasteiger charge is 2.35. The van der Waals surface area contributed by atoms with Gasteiger partial charge in [0, 0.05) is 37.5 Å². The lowest BCUT2D eigenvalue weighted by Crippen LogP contribution is -2.50. The van der Waals surface area contributed by atoms with Crippen LogP contribution < -0.4 is 4.74 Å². The van der Waals surface area contributed by atoms with Gasteiger partial charge in [-0.3, -0.25) is 14.6 Å². The average Bonchev–Trinajstić information content (AvgIpc) is 2.90. The van der Waals surface area contributed by atoms with Gasteiger partial charge in [0.2, 0.25) is 5.88 Å². The molecule has 0 saturated carbocycles. The molecule has 0 bridgehead atoms. The fourth-order valence-corrected chi connectivity index (χ4v) is 4.18. The number of aliphatic hydroxyl groups is 1. The van der Waals surface area contributed by atoms with Crippen LogP contribution in [-0.4, -0.2) is 75.6 Å². The predicted octanol–water partition coefficient (Wildman–Crippen LogP) is 3.28. The van der Waals surface area contributed by atoms with Crippen molar-refractivity contribution < 1.29 is 23.8 Å². The highest BCUT2D eigenvalue weighted by molar-refractivity contribution is 5.98. The fraction of sp³-hybridized carbons (Fsp3) is 0.333. The maximum atomic E-state index is 13.8. The molecule has 1 aliphatic rings. The summed E-state index contributed by atoms with van der Waals surface area (Å²) in [5, 5.41) is 9.83. The summed E-state index contributed by atoms with van der Waals surface area (Å²) < 4.78 is 20.1. The third-order valence-corrected chi connectivity index (χ3v) is 6.36. The number of amides is 2. The quantitative estimate of drug-likeness (QED) is 0.568. The first kappa shape index (κ1) is 25.2. The Bertz CT molecular complexity index is 1240. The molecule has 1 N–H and O–H groups in total. The number of hydrogen-bond donors (Lipinski definition) is 1. The van der Waals surface area contributed by atoms with Crippen molar-refractivity contribution in [2.24, 2.45) is 5.92 Å². The molecule has 9 heteroatoms. The van der Waals surface area contributed by atoms with E-state index in [-0.39, 0.29) is 42.3 Å². The number of aromatic nitrogens is 2. The predicted molar refractivity (Wildman–Crippen MR) is 132 cm³/mol. The Balaban J connectivity index is 1.69. The molecule has 2 aromatic heterocycles. The Morgan fingerprint density at radius 1 is 1.22 bits per heavy atom. The first-order chi connectivity index (χ1) is 17.3. The molecule has 3 heterocycles. The second-order valence-corrected chi connectivity index (χ2v) is 9.11. The number of halogens is 1. The van der Waals surface area contributed by atoms with Crippen molar-refractivity contribution in [2.75, 3.05) is 26.7 Å². The van der Waals surface area contributed by atoms with Gasteiger partial charge >= 0.3 is 0 Å². The first-order valence-corrected chi connectivity index (χ1v) is 11.8. The summed E-state index contributed by atoms with van der Waals surface area (Å²) in [7, 11) is 1.67. The normalized spacial score (nSPS) is 18.5. The van der Waals surface area contributed by atoms with Crippen LogP contribution in [0.4, 0.5) is 4.39 Å². The van der Waals surface area contributed by atoms with Crippen molar-refractivity contribution in [3.8, 4) is 17.0 Å². The molecule has 0 fully saturated rings. The highest BCUT2D eigenvalue weighted by Crippen LogP contribution is 2.30. The molecule has 8 nitrogen and oxygen atoms in total. The maximum Gasteiger partial charge on any atom is 0.272 e. The largest absolute Gasteiger partial charge is 0.472 e. The zero-order chi connectivity index (χ0) is 25.8. The van der Waals surface area contributed by atoms with Gasteiger partial charge < -0.3 is 19.6 Å². The third kappa shape index (κ3) is 5.36. The van der Waals surface area contributed by atoms with Crippen LogP contribution in [-0.2, 0) is 0 Å². The lowest BCUT2D eigenvalue weighted by atomic mass is 9.99. The van der Waals surface area contributed by atoms with E-state index in [1.54, 1.807) is 61.5 Å². The number of benzene rings is 1. The number of carbonyl (C=O) groups excluding carboxylic acids is 2. The number of likely N-dealkylation sites (N-methyl/N-ethyl adjacent to an activating group) is 1. The van der Waals surface area contributed by atoms with Crippen molar-refractivity contribution in [3.63, 3.8) is 0 Å². The molecule has 0 saturated heterocycles. The molecular weight excluding hydrogens is 463 g/mol. The molecule has 188 valence electrons. The van der Waals surface area contributed by atoms with E-state index in [0.29, 0.717) is 23.4 Å². The van der Waals surface area contributed by atoms with Gasteiger partial charge in [-0.2, -0.15) is 0 Å². The van der Waals surface area contributed by atoms with Gasteiger partial charge in [0.15, 0.2) is 0 Å². The lowest BCUT2D eigenvalue weighted by molar-refractivity contribution is 0.0312. The van der Waals surface area contributed by atoms with Gasteiger partial charge in [-0.15, -0.1) is 0 Å². The molecular formula is C27H29FN4O4. The molecule has 0 spiro atoms. The summed E-state index contributed by atoms with van der Waals surface area (Å²) in [4.78, 5) is 38.1. The number of hydrogen-bond acceptors (Lipinski definition) is 6. The van der Waals surface area contributed by atoms with Crippen molar-refractivity contribution >= 4 is 11.8 Å². The average molecular weight is 493 g/mol. The van der Waals surface area contributed by atoms with E-state index < -0.39 is 18.0 Å². The van der Waals surface area contributed by atoms with E-state index >= 15 is 0 Å². The minimum Gasteiger partial charge on any atom is -0.472 e. The molecule has 0 radical (unpaired) electrons. The van der Waals surface area contributed by atoms with Gasteiger partial charge in [0.25, 0.3) is 11.8 Å². The Morgan fingerprint density at radius 3 is 2.72 bits per heavy atom. The highest BCUT2D eigenvalue weighted by atomic mass is 19.1. The zero-order valence-electron chi connectivity index (χ0n) is 20.5. The molecule has 0 aliphatic carbocycles. The summed E-state index contributed by atoms with van der Waals surface area (Å²) in [6.07, 6.45) is 2.61. The van der Waals surface area contributed by atoms with Gasteiger partial charge in [0.1, 0.15) is 23.2 Å². The number of carbonyl (C=O) groups is 2. The Morgan fingerprint density at radius 2 is 2.03 bits per heavy atom. The molecule has 2 amide bonds. The summed E-state index contributed by atoms with van der Waals surface area (Å²) in [5.74, 6) is -1.03. The molecule has 3 atom stereocenters. The Kier molecular flexibility index (Phi) is 7.59. The van der Waals surface area contributed by atoms with E-state index in [9.17, 15) is 19.1 Å². The smallest absolute Gasteiger partial charge is 0.272 e. The Hall–Kier alpha value is -3.85. The number of fused-ring (bicyclic) bond motifs is 1. The van der Waals surface area contributed by atoms with E-state index in [4.69, 9.17) is 4.74 Å². The number of rotatable bonds is 6. The van der Waals surface area contributed by atoms with Crippen LogP contribution in [0.15, 0.2) is 60.9 Å². The summed E-state index contributed by atoms with van der Waals surface area (Å²) >= 11 is 0. The third-order valence-electron chi connectivity index (χ3n) is 6.36. The van der Waals surface area contributed by atoms with E-state index in [1.807, 2.05) is 6.92 Å². The molecule has 1 aliphatic heterocycles. The maximum absolute atomic E-state index is 13.8. The van der Waals surface area contributed by atoms with Crippen LogP contribution in [0, 0.1) is 11.7 Å². The van der Waals surface area contributed by atoms with Crippen LogP contribution >= 0.6 is 0 Å². The Labute approximate surface area is 209 Å². The first-order valence-electron chi connectivity index (χ1n) is 11.8. The minimum absolute atomic E-state index is 0.130. The molecule has 1 aromatic carbocycles. The van der Waals surface area contributed by atoms with Crippen LogP contribution in [0.1, 0.15) is 34.7 Å². The van der Waals surface area contributed by atoms with Gasteiger partial charge in [-0.25, -0.2) is 9.37 Å². The van der Waals surface area contributed by atoms with Crippen molar-refractivity contribution in [1.29, 1.82) is 0 Å². The van der Waals surface area contributed by atoms with E-state index in [1.165, 1.54) is 23.2 Å². The van der Waals surface area contributed by atoms with Crippen molar-refractivity contribution in [1.82, 2.24) is 19.8 Å². The van der Waals surface area contributed by atoms with E-state index in [2.05, 4.69) is 9.97 Å². The number of ether oxygens (including phenoxy) is 1. The van der Waals surface area contributed by atoms with Crippen LogP contribution in [0.2, 0.25) is 0 Å². The van der Waals surface area contributed by atoms with E-state index in [0.717, 1.165) is 0 Å². The molecule has 0 unspecified atom stereocenters. The van der Waals surface area contributed by atoms with Gasteiger partial charge in [0.05, 0.1) is 19.2 Å². The second kappa shape index (κ2) is 10.8. The summed E-state index contributed by atoms with van der Waals surface area (Å²) in [5.41, 5.74) is 1.68. The SMILES string of the molecule is C[C@@H]1CN([C@@H](C)CO)C(=O)c2cc(-c3cccc(F)c3)cnc2O[C@H]1CN(C)C(=O)c1ccccn1. The second-order valence-electron chi connectivity index (χ2n) is 9.11. The zero-order valence-corrected chi connectivity index (χ0v) is 20.5. The number of pyridine rings is 2. The van der Waals surface area contributed by atoms with Gasteiger partial charge in [-0.1, -0.05) is 25.1 Å². The van der Waals surface area contributed by atoms with Crippen molar-refractivity contribution in [2.45, 2.75) is 26.0 Å². The summed E-state index contributed by atoms with van der Waals surface area (Å²) in [6.45, 7) is 4.02. The number of aliphatic hydroxyl groups excluding tert-OH is 1. The standard InChI is InChI=1S/C27H29FN4O4/c1-17-14-32(18(2)16-33)26(34)22-12-20(19-7-6-8-21(28)11-19)13-30-25(22)36-24(17)15-31(3)27(35)23-9-4-5-10-29-23/h4-13,17-18,24,33H,14-16H2,1-3H3/t17-,18+,24+/m1/s1. The topological polar surface area (TPSA) is 95.9 Å². The lowest BCUT2D eigenvalue weighted by Gasteiger charge is -2.37. The number of nitrogens with zero attached hydrogens (tertiary/aromatic N) is 4. The molecule has 36 heavy (non-hydrogen) atoms. The van der Waals surface area contributed by atoms with Crippen LogP contribution in [0.5, 0.6) is 5.88 Å². The molecule has 4 rings (SSSR count). The van der Waals surface area contributed by atoms with Crippen LogP contribution in [0.25, 0.3) is 11.1 Å². The molecule has 3 aromatic rings. The van der Waals surface area contributed by atoms with Gasteiger partial charge in [-0.05, 0) is 42.8 Å². The monoisotopic (exact) mass is 492 g/mol. The van der Waals surface area contributed by atoms with Crippen LogP contribution in [0.3, 0.4) is 0 Å². The summed E-state index contributed by atoms with van der Waals surface area (Å²) in [6, 6.07) is 12.4.